The van der Waals surface area contributed by atoms with Gasteiger partial charge in [-0.15, -0.1) is 0 Å². The number of hydrazine groups is 1. The fraction of sp³-hybridized carbons (Fsp3) is 0.500. The lowest BCUT2D eigenvalue weighted by Gasteiger charge is -2.19. The number of carbonyl (C=O) groups excluding carboxylic acids is 1. The van der Waals surface area contributed by atoms with Gasteiger partial charge in [-0.25, -0.2) is 5.84 Å². The third kappa shape index (κ3) is 3.94. The molecule has 19 heavy (non-hydrogen) atoms. The van der Waals surface area contributed by atoms with Gasteiger partial charge in [-0.1, -0.05) is 12.1 Å². The van der Waals surface area contributed by atoms with Crippen molar-refractivity contribution in [1.82, 2.24) is 10.3 Å². The van der Waals surface area contributed by atoms with E-state index in [1.165, 1.54) is 12.8 Å². The number of nitrogens with zero attached hydrogens (tertiary/aromatic N) is 1. The highest BCUT2D eigenvalue weighted by atomic mass is 16.5. The molecule has 3 N–H and O–H groups in total. The van der Waals surface area contributed by atoms with Gasteiger partial charge in [0, 0.05) is 6.04 Å². The first-order valence-electron chi connectivity index (χ1n) is 6.60. The largest absolute Gasteiger partial charge is 0.492 e. The molecular weight excluding hydrogens is 242 g/mol. The zero-order chi connectivity index (χ0) is 13.7. The number of nitrogens with two attached hydrogens (primary N) is 1. The summed E-state index contributed by atoms with van der Waals surface area (Å²) in [6, 6.07) is 8.09. The Morgan fingerprint density at radius 2 is 2.21 bits per heavy atom. The molecule has 0 saturated carbocycles. The molecule has 104 valence electrons. The SMILES string of the molecule is CN1CCC[C@H]1COc1ccc(CC(=O)NN)cc1. The molecule has 2 rings (SSSR count). The molecule has 1 amide bonds. The summed E-state index contributed by atoms with van der Waals surface area (Å²) in [7, 11) is 2.13. The van der Waals surface area contributed by atoms with Gasteiger partial charge in [-0.3, -0.25) is 10.2 Å². The number of ether oxygens (including phenoxy) is 1. The zero-order valence-corrected chi connectivity index (χ0v) is 11.3. The predicted octanol–water partition coefficient (Wildman–Crippen LogP) is 0.692. The van der Waals surface area contributed by atoms with Gasteiger partial charge in [0.05, 0.1) is 6.42 Å². The molecular formula is C14H21N3O2. The van der Waals surface area contributed by atoms with E-state index in [2.05, 4.69) is 17.4 Å². The monoisotopic (exact) mass is 263 g/mol. The molecule has 1 aromatic rings. The fourth-order valence-corrected chi connectivity index (χ4v) is 2.32. The fourth-order valence-electron chi connectivity index (χ4n) is 2.32. The minimum absolute atomic E-state index is 0.193. The molecule has 0 aliphatic carbocycles. The Balaban J connectivity index is 1.83. The molecule has 0 bridgehead atoms. The van der Waals surface area contributed by atoms with Crippen molar-refractivity contribution in [2.75, 3.05) is 20.2 Å². The second kappa shape index (κ2) is 6.54. The first kappa shape index (κ1) is 13.8. The van der Waals surface area contributed by atoms with E-state index >= 15 is 0 Å². The number of hydrogen-bond donors (Lipinski definition) is 2. The minimum Gasteiger partial charge on any atom is -0.492 e. The van der Waals surface area contributed by atoms with Crippen molar-refractivity contribution in [2.45, 2.75) is 25.3 Å². The summed E-state index contributed by atoms with van der Waals surface area (Å²) < 4.78 is 5.78. The molecule has 0 radical (unpaired) electrons. The second-order valence-electron chi connectivity index (χ2n) is 4.98. The maximum Gasteiger partial charge on any atom is 0.238 e. The summed E-state index contributed by atoms with van der Waals surface area (Å²) in [6.07, 6.45) is 2.74. The molecule has 0 spiro atoms. The standard InChI is InChI=1S/C14H21N3O2/c1-17-8-2-3-12(17)10-19-13-6-4-11(5-7-13)9-14(18)16-15/h4-7,12H,2-3,8-10,15H2,1H3,(H,16,18)/t12-/m0/s1. The Morgan fingerprint density at radius 3 is 2.79 bits per heavy atom. The summed E-state index contributed by atoms with van der Waals surface area (Å²) in [4.78, 5) is 13.5. The molecule has 0 unspecified atom stereocenters. The van der Waals surface area contributed by atoms with E-state index in [4.69, 9.17) is 10.6 Å². The highest BCUT2D eigenvalue weighted by molar-refractivity contribution is 5.77. The average Bonchev–Trinajstić information content (AvgIpc) is 2.83. The number of nitrogens with one attached hydrogen (secondary N) is 1. The molecule has 1 atom stereocenters. The zero-order valence-electron chi connectivity index (χ0n) is 11.3. The molecule has 1 aliphatic heterocycles. The third-order valence-electron chi connectivity index (χ3n) is 3.56. The summed E-state index contributed by atoms with van der Waals surface area (Å²) in [5, 5.41) is 0. The van der Waals surface area contributed by atoms with E-state index < -0.39 is 0 Å². The van der Waals surface area contributed by atoms with E-state index in [1.54, 1.807) is 0 Å². The first-order valence-corrected chi connectivity index (χ1v) is 6.60. The van der Waals surface area contributed by atoms with Gasteiger partial charge in [0.1, 0.15) is 12.4 Å². The lowest BCUT2D eigenvalue weighted by atomic mass is 10.1. The van der Waals surface area contributed by atoms with Gasteiger partial charge in [0.2, 0.25) is 5.91 Å². The summed E-state index contributed by atoms with van der Waals surface area (Å²) in [5.41, 5.74) is 3.04. The van der Waals surface area contributed by atoms with Crippen LogP contribution in [0.2, 0.25) is 0 Å². The van der Waals surface area contributed by atoms with Crippen molar-refractivity contribution >= 4 is 5.91 Å². The Labute approximate surface area is 113 Å². The van der Waals surface area contributed by atoms with E-state index in [-0.39, 0.29) is 5.91 Å². The molecule has 5 heteroatoms. The van der Waals surface area contributed by atoms with E-state index in [1.807, 2.05) is 24.3 Å². The highest BCUT2D eigenvalue weighted by Gasteiger charge is 2.21. The minimum atomic E-state index is -0.193. The number of rotatable bonds is 5. The van der Waals surface area contributed by atoms with Crippen LogP contribution in [0.15, 0.2) is 24.3 Å². The molecule has 0 aromatic heterocycles. The van der Waals surface area contributed by atoms with Crippen LogP contribution in [0.4, 0.5) is 0 Å². The van der Waals surface area contributed by atoms with Crippen LogP contribution in [-0.4, -0.2) is 37.0 Å². The lowest BCUT2D eigenvalue weighted by molar-refractivity contribution is -0.120. The van der Waals surface area contributed by atoms with Crippen LogP contribution in [0.3, 0.4) is 0 Å². The molecule has 1 aromatic carbocycles. The van der Waals surface area contributed by atoms with E-state index in [0.717, 1.165) is 24.5 Å². The third-order valence-corrected chi connectivity index (χ3v) is 3.56. The van der Waals surface area contributed by atoms with Gasteiger partial charge in [0.15, 0.2) is 0 Å². The summed E-state index contributed by atoms with van der Waals surface area (Å²) >= 11 is 0. The van der Waals surface area contributed by atoms with Gasteiger partial charge < -0.3 is 9.64 Å². The molecule has 1 aliphatic rings. The normalized spacial score (nSPS) is 19.4. The van der Waals surface area contributed by atoms with E-state index in [9.17, 15) is 4.79 Å². The van der Waals surface area contributed by atoms with Gasteiger partial charge in [-0.2, -0.15) is 0 Å². The molecule has 5 nitrogen and oxygen atoms in total. The van der Waals surface area contributed by atoms with Crippen LogP contribution in [0.5, 0.6) is 5.75 Å². The molecule has 1 saturated heterocycles. The maximum atomic E-state index is 11.1. The van der Waals surface area contributed by atoms with Crippen molar-refractivity contribution in [3.05, 3.63) is 29.8 Å². The van der Waals surface area contributed by atoms with Crippen LogP contribution in [0, 0.1) is 0 Å². The van der Waals surface area contributed by atoms with E-state index in [0.29, 0.717) is 12.5 Å². The van der Waals surface area contributed by atoms with Crippen LogP contribution >= 0.6 is 0 Å². The first-order chi connectivity index (χ1) is 9.19. The quantitative estimate of drug-likeness (QED) is 0.466. The molecule has 1 heterocycles. The van der Waals surface area contributed by atoms with Gasteiger partial charge >= 0.3 is 0 Å². The van der Waals surface area contributed by atoms with Crippen molar-refractivity contribution < 1.29 is 9.53 Å². The van der Waals surface area contributed by atoms with Crippen molar-refractivity contribution in [3.8, 4) is 5.75 Å². The highest BCUT2D eigenvalue weighted by Crippen LogP contribution is 2.18. The number of likely N-dealkylation sites (N-methyl/N-ethyl adjacent to an activating group) is 1. The van der Waals surface area contributed by atoms with Crippen molar-refractivity contribution in [1.29, 1.82) is 0 Å². The van der Waals surface area contributed by atoms with Crippen LogP contribution in [0.25, 0.3) is 0 Å². The van der Waals surface area contributed by atoms with Crippen molar-refractivity contribution in [3.63, 3.8) is 0 Å². The van der Waals surface area contributed by atoms with Crippen LogP contribution in [0.1, 0.15) is 18.4 Å². The second-order valence-corrected chi connectivity index (χ2v) is 4.98. The van der Waals surface area contributed by atoms with Crippen LogP contribution in [-0.2, 0) is 11.2 Å². The summed E-state index contributed by atoms with van der Waals surface area (Å²) in [5.74, 6) is 5.70. The maximum absolute atomic E-state index is 11.1. The predicted molar refractivity (Wildman–Crippen MR) is 73.6 cm³/mol. The number of benzene rings is 1. The van der Waals surface area contributed by atoms with Crippen molar-refractivity contribution in [2.24, 2.45) is 5.84 Å². The Hall–Kier alpha value is -1.59. The van der Waals surface area contributed by atoms with Gasteiger partial charge in [0.25, 0.3) is 0 Å². The number of amides is 1. The number of likely N-dealkylation sites (tertiary alicyclic amines) is 1. The Kier molecular flexibility index (Phi) is 4.76. The smallest absolute Gasteiger partial charge is 0.238 e. The Morgan fingerprint density at radius 1 is 1.47 bits per heavy atom. The topological polar surface area (TPSA) is 67.6 Å². The number of carbonyl (C=O) groups is 1. The Bertz CT molecular complexity index is 419. The van der Waals surface area contributed by atoms with Crippen LogP contribution < -0.4 is 16.0 Å². The number of hydrogen-bond acceptors (Lipinski definition) is 4. The molecule has 1 fully saturated rings. The summed E-state index contributed by atoms with van der Waals surface area (Å²) in [6.45, 7) is 1.88. The lowest BCUT2D eigenvalue weighted by Crippen LogP contribution is -2.31. The van der Waals surface area contributed by atoms with Gasteiger partial charge in [-0.05, 0) is 44.1 Å². The average molecular weight is 263 g/mol.